The Morgan fingerprint density at radius 3 is 2.55 bits per heavy atom. The summed E-state index contributed by atoms with van der Waals surface area (Å²) in [5.74, 6) is 1.60. The van der Waals surface area contributed by atoms with E-state index >= 15 is 0 Å². The summed E-state index contributed by atoms with van der Waals surface area (Å²) in [5.41, 5.74) is 0. The lowest BCUT2D eigenvalue weighted by Crippen LogP contribution is -1.82. The highest BCUT2D eigenvalue weighted by Crippen LogP contribution is 2.36. The molecule has 0 fully saturated rings. The minimum absolute atomic E-state index is 0.743. The van der Waals surface area contributed by atoms with Gasteiger partial charge in [0.25, 0.3) is 0 Å². The number of benzene rings is 3. The number of para-hydroxylation sites is 1. The Kier molecular flexibility index (Phi) is 2.68. The number of rotatable bonds is 2. The highest BCUT2D eigenvalue weighted by Gasteiger charge is 2.06. The van der Waals surface area contributed by atoms with Gasteiger partial charge in [0.15, 0.2) is 0 Å². The normalized spacial score (nSPS) is 11.0. The zero-order valence-corrected chi connectivity index (χ0v) is 11.5. The van der Waals surface area contributed by atoms with Gasteiger partial charge >= 0.3 is 0 Å². The van der Waals surface area contributed by atoms with E-state index in [0.717, 1.165) is 11.5 Å². The van der Waals surface area contributed by atoms with Crippen LogP contribution in [-0.2, 0) is 0 Å². The van der Waals surface area contributed by atoms with Crippen LogP contribution >= 0.6 is 11.3 Å². The monoisotopic (exact) mass is 275 g/mol. The molecule has 0 bridgehead atoms. The molecule has 0 atom stereocenters. The topological polar surface area (TPSA) is 9.23 Å². The first kappa shape index (κ1) is 11.5. The lowest BCUT2D eigenvalue weighted by Gasteiger charge is -2.04. The zero-order valence-electron chi connectivity index (χ0n) is 10.7. The quantitative estimate of drug-likeness (QED) is 0.459. The molecule has 1 aromatic heterocycles. The van der Waals surface area contributed by atoms with E-state index in [0.29, 0.717) is 0 Å². The summed E-state index contributed by atoms with van der Waals surface area (Å²) in [6.45, 7) is 0. The van der Waals surface area contributed by atoms with Crippen LogP contribution in [0.15, 0.2) is 66.7 Å². The number of thiophene rings is 1. The van der Waals surface area contributed by atoms with Crippen LogP contribution in [0.25, 0.3) is 20.2 Å². The minimum atomic E-state index is 0.743. The zero-order chi connectivity index (χ0) is 13.4. The van der Waals surface area contributed by atoms with E-state index in [1.807, 2.05) is 30.3 Å². The first-order valence-electron chi connectivity index (χ1n) is 6.46. The van der Waals surface area contributed by atoms with E-state index in [1.165, 1.54) is 20.2 Å². The molecule has 3 aromatic carbocycles. The molecule has 0 saturated heterocycles. The molecule has 1 nitrogen and oxygen atoms in total. The summed E-state index contributed by atoms with van der Waals surface area (Å²) in [6, 6.07) is 25.4. The molecule has 0 saturated carbocycles. The molecule has 2 heteroatoms. The average molecular weight is 275 g/mol. The van der Waals surface area contributed by atoms with Gasteiger partial charge in [0.05, 0.1) is 0 Å². The molecule has 0 N–H and O–H groups in total. The lowest BCUT2D eigenvalue weighted by molar-refractivity contribution is 0.482. The largest absolute Gasteiger partial charge is 0.457 e. The first-order chi connectivity index (χ1) is 9.90. The summed E-state index contributed by atoms with van der Waals surface area (Å²) in [5, 5.41) is 2.60. The van der Waals surface area contributed by atoms with Crippen molar-refractivity contribution in [3.8, 4) is 11.5 Å². The molecule has 20 heavy (non-hydrogen) atoms. The molecule has 95 valence electrons. The fourth-order valence-corrected chi connectivity index (χ4v) is 3.47. The van der Waals surface area contributed by atoms with Crippen LogP contribution in [0.3, 0.4) is 0 Å². The number of ether oxygens (including phenoxy) is 1. The van der Waals surface area contributed by atoms with Gasteiger partial charge in [-0.2, -0.15) is 0 Å². The molecule has 0 amide bonds. The van der Waals surface area contributed by atoms with Crippen molar-refractivity contribution < 1.29 is 4.74 Å². The Morgan fingerprint density at radius 1 is 0.800 bits per heavy atom. The van der Waals surface area contributed by atoms with Crippen molar-refractivity contribution >= 4 is 31.5 Å². The van der Waals surface area contributed by atoms with Gasteiger partial charge in [-0.1, -0.05) is 36.4 Å². The summed E-state index contributed by atoms with van der Waals surface area (Å²) in [7, 11) is 0. The van der Waals surface area contributed by atoms with Crippen molar-refractivity contribution in [3.63, 3.8) is 0 Å². The Balaban J connectivity index is 1.81. The number of fused-ring (bicyclic) bond motifs is 3. The first-order valence-corrected chi connectivity index (χ1v) is 7.28. The molecular formula is C18H11OS. The third kappa shape index (κ3) is 1.95. The second kappa shape index (κ2) is 4.66. The maximum Gasteiger partial charge on any atom is 0.135 e. The van der Waals surface area contributed by atoms with E-state index < -0.39 is 0 Å². The van der Waals surface area contributed by atoms with Crippen molar-refractivity contribution in [2.75, 3.05) is 0 Å². The van der Waals surface area contributed by atoms with Gasteiger partial charge in [0.1, 0.15) is 11.5 Å². The van der Waals surface area contributed by atoms with Crippen LogP contribution in [0.4, 0.5) is 0 Å². The fourth-order valence-electron chi connectivity index (χ4n) is 2.34. The maximum absolute atomic E-state index is 5.83. The molecular weight excluding hydrogens is 264 g/mol. The standard InChI is InChI=1S/C18H11OS/c1-2-6-13(7-3-1)19-14-10-11-16-15-8-4-5-9-17(15)20-18(16)12-14/h1-6,8-12H. The highest BCUT2D eigenvalue weighted by atomic mass is 32.1. The third-order valence-corrected chi connectivity index (χ3v) is 4.39. The highest BCUT2D eigenvalue weighted by molar-refractivity contribution is 7.25. The molecule has 0 spiro atoms. The van der Waals surface area contributed by atoms with Gasteiger partial charge in [-0.15, -0.1) is 11.3 Å². The van der Waals surface area contributed by atoms with Gasteiger partial charge in [0, 0.05) is 26.2 Å². The predicted molar refractivity (Wildman–Crippen MR) is 84.7 cm³/mol. The van der Waals surface area contributed by atoms with Gasteiger partial charge in [-0.05, 0) is 30.3 Å². The summed E-state index contributed by atoms with van der Waals surface area (Å²) < 4.78 is 8.39. The number of hydrogen-bond donors (Lipinski definition) is 0. The lowest BCUT2D eigenvalue weighted by atomic mass is 10.1. The van der Waals surface area contributed by atoms with Crippen LogP contribution in [0.2, 0.25) is 0 Å². The Bertz CT molecular complexity index is 878. The maximum atomic E-state index is 5.83. The second-order valence-electron chi connectivity index (χ2n) is 4.59. The van der Waals surface area contributed by atoms with Gasteiger partial charge in [0.2, 0.25) is 0 Å². The van der Waals surface area contributed by atoms with E-state index in [-0.39, 0.29) is 0 Å². The van der Waals surface area contributed by atoms with Crippen LogP contribution in [-0.4, -0.2) is 0 Å². The van der Waals surface area contributed by atoms with Crippen LogP contribution in [0.5, 0.6) is 11.5 Å². The Morgan fingerprint density at radius 2 is 1.65 bits per heavy atom. The summed E-state index contributed by atoms with van der Waals surface area (Å²) in [4.78, 5) is 0. The third-order valence-electron chi connectivity index (χ3n) is 3.26. The average Bonchev–Trinajstić information content (AvgIpc) is 2.86. The van der Waals surface area contributed by atoms with Gasteiger partial charge in [-0.3, -0.25) is 0 Å². The van der Waals surface area contributed by atoms with Crippen LogP contribution in [0.1, 0.15) is 0 Å². The predicted octanol–water partition coefficient (Wildman–Crippen LogP) is 5.65. The van der Waals surface area contributed by atoms with Crippen molar-refractivity contribution in [1.29, 1.82) is 0 Å². The van der Waals surface area contributed by atoms with Gasteiger partial charge < -0.3 is 4.74 Å². The van der Waals surface area contributed by atoms with Crippen molar-refractivity contribution in [2.45, 2.75) is 0 Å². The number of hydrogen-bond acceptors (Lipinski definition) is 2. The summed E-state index contributed by atoms with van der Waals surface area (Å²) >= 11 is 1.80. The smallest absolute Gasteiger partial charge is 0.135 e. The molecule has 1 heterocycles. The molecule has 4 aromatic rings. The van der Waals surface area contributed by atoms with E-state index in [9.17, 15) is 0 Å². The summed E-state index contributed by atoms with van der Waals surface area (Å²) in [6.07, 6.45) is 0. The second-order valence-corrected chi connectivity index (χ2v) is 5.67. The molecule has 0 unspecified atom stereocenters. The van der Waals surface area contributed by atoms with Crippen LogP contribution < -0.4 is 4.74 Å². The molecule has 1 radical (unpaired) electrons. The molecule has 0 aliphatic heterocycles. The van der Waals surface area contributed by atoms with Crippen LogP contribution in [0, 0.1) is 6.07 Å². The minimum Gasteiger partial charge on any atom is -0.457 e. The molecule has 0 aliphatic rings. The van der Waals surface area contributed by atoms with E-state index in [2.05, 4.69) is 42.5 Å². The fraction of sp³-hybridized carbons (Fsp3) is 0. The molecule has 4 rings (SSSR count). The van der Waals surface area contributed by atoms with E-state index in [1.54, 1.807) is 11.3 Å². The molecule has 0 aliphatic carbocycles. The van der Waals surface area contributed by atoms with Crippen molar-refractivity contribution in [3.05, 3.63) is 72.8 Å². The SMILES string of the molecule is [c]1ccccc1Oc1ccc2c(c1)sc1ccccc12. The van der Waals surface area contributed by atoms with Crippen molar-refractivity contribution in [2.24, 2.45) is 0 Å². The van der Waals surface area contributed by atoms with E-state index in [4.69, 9.17) is 4.74 Å². The Hall–Kier alpha value is -2.32. The van der Waals surface area contributed by atoms with Crippen molar-refractivity contribution in [1.82, 2.24) is 0 Å². The Labute approximate surface area is 121 Å². The van der Waals surface area contributed by atoms with Gasteiger partial charge in [-0.25, -0.2) is 0 Å².